The predicted octanol–water partition coefficient (Wildman–Crippen LogP) is 3.46. The van der Waals surface area contributed by atoms with Gasteiger partial charge in [0.1, 0.15) is 18.1 Å². The van der Waals surface area contributed by atoms with Crippen molar-refractivity contribution in [3.8, 4) is 11.5 Å². The number of benzene rings is 2. The van der Waals surface area contributed by atoms with E-state index in [0.29, 0.717) is 18.1 Å². The first-order valence-electron chi connectivity index (χ1n) is 7.75. The number of sulfonamides is 1. The lowest BCUT2D eigenvalue weighted by molar-refractivity contribution is -0.139. The van der Waals surface area contributed by atoms with E-state index < -0.39 is 26.7 Å². The van der Waals surface area contributed by atoms with Crippen molar-refractivity contribution in [3.63, 3.8) is 0 Å². The quantitative estimate of drug-likeness (QED) is 0.703. The van der Waals surface area contributed by atoms with Crippen LogP contribution >= 0.6 is 0 Å². The van der Waals surface area contributed by atoms with Crippen molar-refractivity contribution < 1.29 is 31.1 Å². The fourth-order valence-electron chi connectivity index (χ4n) is 2.16. The Kier molecular flexibility index (Phi) is 6.49. The maximum atomic E-state index is 12.9. The maximum Gasteiger partial charge on any atom is 0.417 e. The number of hydrogen-bond donors (Lipinski definition) is 1. The molecular weight excluding hydrogens is 371 g/mol. The highest BCUT2D eigenvalue weighted by molar-refractivity contribution is 7.89. The van der Waals surface area contributed by atoms with Crippen LogP contribution in [0.15, 0.2) is 53.4 Å². The first-order valence-corrected chi connectivity index (χ1v) is 9.24. The summed E-state index contributed by atoms with van der Waals surface area (Å²) in [6.07, 6.45) is -4.76. The summed E-state index contributed by atoms with van der Waals surface area (Å²) in [5.41, 5.74) is -1.21. The third-order valence-electron chi connectivity index (χ3n) is 3.28. The molecule has 0 spiro atoms. The summed E-state index contributed by atoms with van der Waals surface area (Å²) in [7, 11) is -4.31. The highest BCUT2D eigenvalue weighted by atomic mass is 32.2. The Hall–Kier alpha value is -2.26. The zero-order valence-electron chi connectivity index (χ0n) is 13.9. The van der Waals surface area contributed by atoms with Crippen molar-refractivity contribution in [1.29, 1.82) is 0 Å². The van der Waals surface area contributed by atoms with Gasteiger partial charge in [0.05, 0.1) is 17.1 Å². The van der Waals surface area contributed by atoms with Crippen LogP contribution in [-0.4, -0.2) is 28.2 Å². The largest absolute Gasteiger partial charge is 0.494 e. The van der Waals surface area contributed by atoms with Crippen LogP contribution in [0.3, 0.4) is 0 Å². The third-order valence-corrected chi connectivity index (χ3v) is 4.80. The molecular formula is C17H18F3NO4S. The van der Waals surface area contributed by atoms with Crippen LogP contribution in [-0.2, 0) is 16.2 Å². The lowest BCUT2D eigenvalue weighted by atomic mass is 10.2. The molecule has 0 saturated heterocycles. The molecule has 0 unspecified atom stereocenters. The molecule has 142 valence electrons. The molecule has 2 aromatic carbocycles. The van der Waals surface area contributed by atoms with Gasteiger partial charge in [-0.1, -0.05) is 12.1 Å². The van der Waals surface area contributed by atoms with Crippen molar-refractivity contribution >= 4 is 10.0 Å². The van der Waals surface area contributed by atoms with Gasteiger partial charge in [-0.2, -0.15) is 13.2 Å². The Morgan fingerprint density at radius 2 is 1.54 bits per heavy atom. The minimum absolute atomic E-state index is 0.0403. The van der Waals surface area contributed by atoms with Gasteiger partial charge in [0, 0.05) is 6.54 Å². The first-order chi connectivity index (χ1) is 12.2. The number of hydrogen-bond acceptors (Lipinski definition) is 4. The Morgan fingerprint density at radius 1 is 0.962 bits per heavy atom. The van der Waals surface area contributed by atoms with Gasteiger partial charge in [0.15, 0.2) is 0 Å². The second kappa shape index (κ2) is 8.41. The van der Waals surface area contributed by atoms with Gasteiger partial charge in [-0.3, -0.25) is 0 Å². The summed E-state index contributed by atoms with van der Waals surface area (Å²) >= 11 is 0. The summed E-state index contributed by atoms with van der Waals surface area (Å²) in [4.78, 5) is -0.812. The van der Waals surface area contributed by atoms with E-state index in [1.54, 1.807) is 24.3 Å². The zero-order valence-corrected chi connectivity index (χ0v) is 14.7. The molecule has 0 aromatic heterocycles. The molecule has 0 fully saturated rings. The Labute approximate surface area is 149 Å². The van der Waals surface area contributed by atoms with Crippen LogP contribution in [0.1, 0.15) is 12.5 Å². The fraction of sp³-hybridized carbons (Fsp3) is 0.294. The van der Waals surface area contributed by atoms with E-state index in [1.165, 1.54) is 6.07 Å². The summed E-state index contributed by atoms with van der Waals surface area (Å²) in [5.74, 6) is 1.16. The highest BCUT2D eigenvalue weighted by Gasteiger charge is 2.36. The number of halogens is 3. The lowest BCUT2D eigenvalue weighted by Crippen LogP contribution is -2.30. The summed E-state index contributed by atoms with van der Waals surface area (Å²) < 4.78 is 75.9. The minimum atomic E-state index is -4.76. The molecule has 0 radical (unpaired) electrons. The zero-order chi connectivity index (χ0) is 19.2. The number of ether oxygens (including phenoxy) is 2. The molecule has 0 saturated carbocycles. The van der Waals surface area contributed by atoms with E-state index in [4.69, 9.17) is 9.47 Å². The molecule has 0 aliphatic heterocycles. The van der Waals surface area contributed by atoms with Crippen molar-refractivity contribution in [2.75, 3.05) is 19.8 Å². The first kappa shape index (κ1) is 20.1. The van der Waals surface area contributed by atoms with Crippen molar-refractivity contribution in [2.24, 2.45) is 0 Å². The average Bonchev–Trinajstić information content (AvgIpc) is 2.60. The van der Waals surface area contributed by atoms with E-state index in [-0.39, 0.29) is 13.2 Å². The molecule has 9 heteroatoms. The molecule has 1 N–H and O–H groups in total. The topological polar surface area (TPSA) is 64.6 Å². The molecule has 0 aliphatic rings. The highest BCUT2D eigenvalue weighted by Crippen LogP contribution is 2.33. The van der Waals surface area contributed by atoms with Crippen LogP contribution in [0.2, 0.25) is 0 Å². The van der Waals surface area contributed by atoms with Crippen LogP contribution in [0.25, 0.3) is 0 Å². The van der Waals surface area contributed by atoms with Crippen LogP contribution in [0.4, 0.5) is 13.2 Å². The molecule has 0 amide bonds. The predicted molar refractivity (Wildman–Crippen MR) is 89.7 cm³/mol. The molecule has 0 atom stereocenters. The summed E-state index contributed by atoms with van der Waals surface area (Å²) in [6, 6.07) is 10.7. The van der Waals surface area contributed by atoms with Gasteiger partial charge in [0.25, 0.3) is 0 Å². The minimum Gasteiger partial charge on any atom is -0.494 e. The van der Waals surface area contributed by atoms with E-state index in [9.17, 15) is 21.6 Å². The van der Waals surface area contributed by atoms with Gasteiger partial charge in [-0.15, -0.1) is 0 Å². The van der Waals surface area contributed by atoms with Crippen molar-refractivity contribution in [3.05, 3.63) is 54.1 Å². The van der Waals surface area contributed by atoms with Gasteiger partial charge in [0.2, 0.25) is 10.0 Å². The number of alkyl halides is 3. The Morgan fingerprint density at radius 3 is 2.12 bits per heavy atom. The monoisotopic (exact) mass is 389 g/mol. The van der Waals surface area contributed by atoms with E-state index in [2.05, 4.69) is 4.72 Å². The standard InChI is InChI=1S/C17H18F3NO4S/c1-2-24-13-7-9-14(10-8-13)25-12-11-21-26(22,23)16-6-4-3-5-15(16)17(18,19)20/h3-10,21H,2,11-12H2,1H3. The molecule has 2 rings (SSSR count). The second-order valence-corrected chi connectivity index (χ2v) is 6.88. The van der Waals surface area contributed by atoms with Crippen LogP contribution in [0.5, 0.6) is 11.5 Å². The van der Waals surface area contributed by atoms with E-state index in [1.807, 2.05) is 6.92 Å². The van der Waals surface area contributed by atoms with Gasteiger partial charge < -0.3 is 9.47 Å². The maximum absolute atomic E-state index is 12.9. The van der Waals surface area contributed by atoms with Gasteiger partial charge >= 0.3 is 6.18 Å². The van der Waals surface area contributed by atoms with Crippen molar-refractivity contribution in [2.45, 2.75) is 18.0 Å². The Bertz CT molecular complexity index is 821. The number of rotatable bonds is 8. The average molecular weight is 389 g/mol. The third kappa shape index (κ3) is 5.37. The molecule has 0 heterocycles. The lowest BCUT2D eigenvalue weighted by Gasteiger charge is -2.14. The van der Waals surface area contributed by atoms with Crippen molar-refractivity contribution in [1.82, 2.24) is 4.72 Å². The van der Waals surface area contributed by atoms with Gasteiger partial charge in [-0.05, 0) is 43.3 Å². The summed E-state index contributed by atoms with van der Waals surface area (Å²) in [6.45, 7) is 2.16. The number of nitrogens with one attached hydrogen (secondary N) is 1. The Balaban J connectivity index is 1.95. The molecule has 0 bridgehead atoms. The van der Waals surface area contributed by atoms with Gasteiger partial charge in [-0.25, -0.2) is 13.1 Å². The molecule has 5 nitrogen and oxygen atoms in total. The van der Waals surface area contributed by atoms with E-state index >= 15 is 0 Å². The second-order valence-electron chi connectivity index (χ2n) is 5.14. The van der Waals surface area contributed by atoms with Crippen LogP contribution < -0.4 is 14.2 Å². The van der Waals surface area contributed by atoms with Crippen LogP contribution in [0, 0.1) is 0 Å². The normalized spacial score (nSPS) is 12.0. The molecule has 2 aromatic rings. The smallest absolute Gasteiger partial charge is 0.417 e. The SMILES string of the molecule is CCOc1ccc(OCCNS(=O)(=O)c2ccccc2C(F)(F)F)cc1. The molecule has 0 aliphatic carbocycles. The molecule has 26 heavy (non-hydrogen) atoms. The summed E-state index contributed by atoms with van der Waals surface area (Å²) in [5, 5.41) is 0. The van der Waals surface area contributed by atoms with E-state index in [0.717, 1.165) is 18.2 Å². The fourth-order valence-corrected chi connectivity index (χ4v) is 3.40.